The second-order valence-corrected chi connectivity index (χ2v) is 17.7. The number of carbonyl (C=O) groups excluding carboxylic acids is 3. The van der Waals surface area contributed by atoms with E-state index >= 15 is 0 Å². The van der Waals surface area contributed by atoms with E-state index in [1.807, 2.05) is 12.2 Å². The molecule has 0 aliphatic rings. The maximum Gasteiger partial charge on any atom is 0.306 e. The van der Waals surface area contributed by atoms with Crippen molar-refractivity contribution in [2.24, 2.45) is 0 Å². The predicted molar refractivity (Wildman–Crippen MR) is 293 cm³/mol. The van der Waals surface area contributed by atoms with Gasteiger partial charge < -0.3 is 14.2 Å². The van der Waals surface area contributed by atoms with Crippen molar-refractivity contribution in [3.63, 3.8) is 0 Å². The summed E-state index contributed by atoms with van der Waals surface area (Å²) in [5.41, 5.74) is 0. The molecule has 0 aliphatic heterocycles. The Hall–Kier alpha value is -4.19. The van der Waals surface area contributed by atoms with Crippen LogP contribution in [-0.4, -0.2) is 37.2 Å². The zero-order chi connectivity index (χ0) is 49.3. The van der Waals surface area contributed by atoms with Gasteiger partial charge in [-0.15, -0.1) is 0 Å². The highest BCUT2D eigenvalue weighted by atomic mass is 16.6. The molecule has 0 bridgehead atoms. The van der Waals surface area contributed by atoms with Crippen LogP contribution in [0.5, 0.6) is 0 Å². The van der Waals surface area contributed by atoms with Gasteiger partial charge in [0.15, 0.2) is 6.10 Å². The molecule has 0 aromatic heterocycles. The Morgan fingerprint density at radius 1 is 0.309 bits per heavy atom. The number of unbranched alkanes of at least 4 members (excludes halogenated alkanes) is 17. The molecule has 6 nitrogen and oxygen atoms in total. The number of carbonyl (C=O) groups is 3. The lowest BCUT2D eigenvalue weighted by atomic mass is 10.0. The molecule has 0 heterocycles. The summed E-state index contributed by atoms with van der Waals surface area (Å²) in [4.78, 5) is 38.1. The van der Waals surface area contributed by atoms with Gasteiger partial charge in [-0.2, -0.15) is 0 Å². The lowest BCUT2D eigenvalue weighted by Gasteiger charge is -2.18. The largest absolute Gasteiger partial charge is 0.462 e. The lowest BCUT2D eigenvalue weighted by Crippen LogP contribution is -2.30. The number of allylic oxidation sites excluding steroid dienone is 20. The monoisotopic (exact) mass is 941 g/mol. The summed E-state index contributed by atoms with van der Waals surface area (Å²) in [7, 11) is 0. The van der Waals surface area contributed by atoms with E-state index in [1.165, 1.54) is 89.9 Å². The van der Waals surface area contributed by atoms with E-state index in [0.29, 0.717) is 19.3 Å². The van der Waals surface area contributed by atoms with Crippen molar-refractivity contribution in [1.29, 1.82) is 0 Å². The molecule has 6 heteroatoms. The second kappa shape index (κ2) is 55.4. The van der Waals surface area contributed by atoms with E-state index in [4.69, 9.17) is 14.2 Å². The average molecular weight is 941 g/mol. The molecule has 0 rings (SSSR count). The minimum Gasteiger partial charge on any atom is -0.462 e. The molecular weight excluding hydrogens is 841 g/mol. The highest BCUT2D eigenvalue weighted by molar-refractivity contribution is 5.71. The van der Waals surface area contributed by atoms with Gasteiger partial charge in [0.25, 0.3) is 0 Å². The highest BCUT2D eigenvalue weighted by Gasteiger charge is 2.19. The molecule has 0 saturated carbocycles. The van der Waals surface area contributed by atoms with Crippen molar-refractivity contribution in [3.05, 3.63) is 122 Å². The van der Waals surface area contributed by atoms with E-state index < -0.39 is 6.10 Å². The summed E-state index contributed by atoms with van der Waals surface area (Å²) in [5, 5.41) is 0. The molecule has 0 saturated heterocycles. The third-order valence-electron chi connectivity index (χ3n) is 11.2. The summed E-state index contributed by atoms with van der Waals surface area (Å²) in [6.45, 7) is 6.30. The summed E-state index contributed by atoms with van der Waals surface area (Å²) >= 11 is 0. The maximum atomic E-state index is 12.8. The third kappa shape index (κ3) is 52.8. The Morgan fingerprint density at radius 2 is 0.603 bits per heavy atom. The summed E-state index contributed by atoms with van der Waals surface area (Å²) in [6.07, 6.45) is 76.3. The van der Waals surface area contributed by atoms with Crippen molar-refractivity contribution in [1.82, 2.24) is 0 Å². The molecule has 384 valence electrons. The molecule has 0 aromatic carbocycles. The van der Waals surface area contributed by atoms with Gasteiger partial charge in [0.05, 0.1) is 0 Å². The molecule has 0 radical (unpaired) electrons. The molecule has 1 atom stereocenters. The Kier molecular flexibility index (Phi) is 52.0. The molecule has 0 aromatic rings. The van der Waals surface area contributed by atoms with Gasteiger partial charge >= 0.3 is 17.9 Å². The van der Waals surface area contributed by atoms with E-state index in [9.17, 15) is 14.4 Å². The maximum absolute atomic E-state index is 12.8. The lowest BCUT2D eigenvalue weighted by molar-refractivity contribution is -0.166. The van der Waals surface area contributed by atoms with Crippen LogP contribution in [0.3, 0.4) is 0 Å². The molecule has 0 N–H and O–H groups in total. The number of esters is 3. The SMILES string of the molecule is CC/C=C\C/C=C\C/C=C\C/C=C\C/C=C\CCCC(=O)OCC(COC(=O)CC/C=C\C/C=C\C/C=C\C/C=C\C/C=C\CC)OC(=O)CCCCCCCCCCCCCCCCCCC. The average Bonchev–Trinajstić information content (AvgIpc) is 3.34. The fourth-order valence-corrected chi connectivity index (χ4v) is 7.17. The highest BCUT2D eigenvalue weighted by Crippen LogP contribution is 2.15. The summed E-state index contributed by atoms with van der Waals surface area (Å²) in [5.74, 6) is -1.07. The first-order chi connectivity index (χ1) is 33.5. The topological polar surface area (TPSA) is 78.9 Å². The quantitative estimate of drug-likeness (QED) is 0.0262. The normalized spacial score (nSPS) is 13.0. The van der Waals surface area contributed by atoms with Gasteiger partial charge in [-0.25, -0.2) is 0 Å². The van der Waals surface area contributed by atoms with Crippen LogP contribution in [0, 0.1) is 0 Å². The first kappa shape index (κ1) is 63.8. The van der Waals surface area contributed by atoms with Crippen molar-refractivity contribution in [2.45, 2.75) is 239 Å². The number of hydrogen-bond acceptors (Lipinski definition) is 6. The van der Waals surface area contributed by atoms with Gasteiger partial charge in [0.1, 0.15) is 13.2 Å². The van der Waals surface area contributed by atoms with E-state index in [2.05, 4.69) is 130 Å². The van der Waals surface area contributed by atoms with E-state index in [-0.39, 0.29) is 44.0 Å². The molecule has 0 amide bonds. The van der Waals surface area contributed by atoms with Crippen LogP contribution in [0.2, 0.25) is 0 Å². The van der Waals surface area contributed by atoms with Crippen LogP contribution in [0.4, 0.5) is 0 Å². The minimum absolute atomic E-state index is 0.132. The molecule has 1 unspecified atom stereocenters. The van der Waals surface area contributed by atoms with E-state index in [0.717, 1.165) is 89.9 Å². The Bertz CT molecular complexity index is 1450. The van der Waals surface area contributed by atoms with Gasteiger partial charge in [-0.3, -0.25) is 14.4 Å². The standard InChI is InChI=1S/C62H100O6/c1-4-7-10-13-16-19-22-25-28-31-34-37-40-43-46-49-52-55-61(64)67-58-59(57-66-60(63)54-51-48-45-42-39-36-33-30-27-24-21-18-15-12-9-6-3)68-62(65)56-53-50-47-44-41-38-35-32-29-26-23-20-17-14-11-8-5-2/h7,9-10,12,16,18-19,21,25,27-28,30,34,36-37,39,43,45-46,48,59H,4-6,8,11,13-15,17,20,22-24,26,29,31-33,35,38,40-42,44,47,49-58H2,1-3H3/b10-7-,12-9-,19-16-,21-18-,28-25-,30-27-,37-34-,39-36-,46-43-,48-45-. The Balaban J connectivity index is 4.57. The van der Waals surface area contributed by atoms with Crippen molar-refractivity contribution in [2.75, 3.05) is 13.2 Å². The minimum atomic E-state index is -0.833. The molecule has 68 heavy (non-hydrogen) atoms. The van der Waals surface area contributed by atoms with Crippen LogP contribution < -0.4 is 0 Å². The van der Waals surface area contributed by atoms with Gasteiger partial charge in [-0.05, 0) is 89.9 Å². The van der Waals surface area contributed by atoms with Crippen LogP contribution in [0.15, 0.2) is 122 Å². The van der Waals surface area contributed by atoms with Crippen molar-refractivity contribution < 1.29 is 28.6 Å². The van der Waals surface area contributed by atoms with Crippen LogP contribution >= 0.6 is 0 Å². The van der Waals surface area contributed by atoms with Crippen LogP contribution in [0.1, 0.15) is 233 Å². The first-order valence-electron chi connectivity index (χ1n) is 27.5. The van der Waals surface area contributed by atoms with E-state index in [1.54, 1.807) is 0 Å². The summed E-state index contributed by atoms with van der Waals surface area (Å²) in [6, 6.07) is 0. The van der Waals surface area contributed by atoms with Gasteiger partial charge in [-0.1, -0.05) is 245 Å². The molecule has 0 fully saturated rings. The Morgan fingerprint density at radius 3 is 0.971 bits per heavy atom. The predicted octanol–water partition coefficient (Wildman–Crippen LogP) is 18.5. The number of hydrogen-bond donors (Lipinski definition) is 0. The summed E-state index contributed by atoms with van der Waals surface area (Å²) < 4.78 is 16.7. The number of rotatable bonds is 48. The molecule has 0 aliphatic carbocycles. The van der Waals surface area contributed by atoms with Crippen LogP contribution in [-0.2, 0) is 28.6 Å². The second-order valence-electron chi connectivity index (χ2n) is 17.7. The van der Waals surface area contributed by atoms with Gasteiger partial charge in [0, 0.05) is 19.3 Å². The van der Waals surface area contributed by atoms with Crippen molar-refractivity contribution >= 4 is 17.9 Å². The zero-order valence-corrected chi connectivity index (χ0v) is 43.8. The van der Waals surface area contributed by atoms with Crippen LogP contribution in [0.25, 0.3) is 0 Å². The fourth-order valence-electron chi connectivity index (χ4n) is 7.17. The van der Waals surface area contributed by atoms with Crippen molar-refractivity contribution in [3.8, 4) is 0 Å². The number of ether oxygens (including phenoxy) is 3. The zero-order valence-electron chi connectivity index (χ0n) is 43.8. The molecule has 0 spiro atoms. The Labute approximate surface area is 418 Å². The fraction of sp³-hybridized carbons (Fsp3) is 0.629. The third-order valence-corrected chi connectivity index (χ3v) is 11.2. The molecular formula is C62H100O6. The smallest absolute Gasteiger partial charge is 0.306 e. The van der Waals surface area contributed by atoms with Gasteiger partial charge in [0.2, 0.25) is 0 Å². The first-order valence-corrected chi connectivity index (χ1v) is 27.5.